The van der Waals surface area contributed by atoms with E-state index < -0.39 is 11.0 Å². The number of aromatic nitrogens is 2. The van der Waals surface area contributed by atoms with Crippen LogP contribution in [0.15, 0.2) is 6.07 Å². The van der Waals surface area contributed by atoms with Crippen LogP contribution in [0.3, 0.4) is 0 Å². The second-order valence-electron chi connectivity index (χ2n) is 9.13. The van der Waals surface area contributed by atoms with Gasteiger partial charge < -0.3 is 0 Å². The third kappa shape index (κ3) is 2.54. The van der Waals surface area contributed by atoms with Crippen LogP contribution in [0, 0.1) is 15.5 Å². The lowest BCUT2D eigenvalue weighted by molar-refractivity contribution is 0.0668. The number of hydrogen-bond acceptors (Lipinski definition) is 2. The van der Waals surface area contributed by atoms with Crippen molar-refractivity contribution in [2.24, 2.45) is 11.8 Å². The first-order valence-electron chi connectivity index (χ1n) is 9.09. The minimum Gasteiger partial charge on any atom is -0.266 e. The molecule has 4 nitrogen and oxygen atoms in total. The first-order valence-corrected chi connectivity index (χ1v) is 11.3. The van der Waals surface area contributed by atoms with Crippen molar-refractivity contribution >= 4 is 33.6 Å². The van der Waals surface area contributed by atoms with E-state index in [9.17, 15) is 4.21 Å². The summed E-state index contributed by atoms with van der Waals surface area (Å²) in [6, 6.07) is 2.70. The lowest BCUT2D eigenvalue weighted by Crippen LogP contribution is -2.62. The van der Waals surface area contributed by atoms with Crippen molar-refractivity contribution in [1.29, 1.82) is 0 Å². The standard InChI is InChI=1S/C18H28IN3OS/c1-11(2)22-14(8-15(19)20-22)16-12-9-18(10-13(12)16)6-7-21(18)24(23)17(3,4)5/h8,11-13,16H,6-7,9-10H2,1-5H3/t12-,13+,16?,18?,24?. The Morgan fingerprint density at radius 3 is 2.42 bits per heavy atom. The fourth-order valence-electron chi connectivity index (χ4n) is 4.96. The molecule has 1 spiro atoms. The van der Waals surface area contributed by atoms with E-state index in [0.717, 1.165) is 22.1 Å². The van der Waals surface area contributed by atoms with Crippen LogP contribution in [-0.4, -0.2) is 35.1 Å². The lowest BCUT2D eigenvalue weighted by Gasteiger charge is -2.52. The number of fused-ring (bicyclic) bond motifs is 1. The van der Waals surface area contributed by atoms with E-state index in [1.165, 1.54) is 25.0 Å². The van der Waals surface area contributed by atoms with Crippen molar-refractivity contribution in [3.63, 3.8) is 0 Å². The first-order chi connectivity index (χ1) is 11.1. The van der Waals surface area contributed by atoms with Crippen LogP contribution >= 0.6 is 22.6 Å². The molecule has 1 aromatic rings. The number of nitrogens with zero attached hydrogens (tertiary/aromatic N) is 3. The van der Waals surface area contributed by atoms with Gasteiger partial charge in [-0.15, -0.1) is 0 Å². The largest absolute Gasteiger partial charge is 0.266 e. The molecule has 24 heavy (non-hydrogen) atoms. The van der Waals surface area contributed by atoms with Gasteiger partial charge in [0.05, 0.1) is 4.75 Å². The molecule has 0 radical (unpaired) electrons. The fourth-order valence-corrected chi connectivity index (χ4v) is 7.02. The van der Waals surface area contributed by atoms with E-state index in [4.69, 9.17) is 0 Å². The lowest BCUT2D eigenvalue weighted by atomic mass is 9.81. The third-order valence-corrected chi connectivity index (χ3v) is 8.71. The SMILES string of the molecule is CC(C)n1nc(I)cc1C1[C@H]2CC3(CCN3S(=O)C(C)(C)C)C[C@@H]12. The van der Waals surface area contributed by atoms with Crippen molar-refractivity contribution in [2.45, 2.75) is 76.1 Å². The summed E-state index contributed by atoms with van der Waals surface area (Å²) in [4.78, 5) is 0. The van der Waals surface area contributed by atoms with Gasteiger partial charge in [0, 0.05) is 29.7 Å². The molecule has 2 aliphatic carbocycles. The van der Waals surface area contributed by atoms with Crippen LogP contribution < -0.4 is 0 Å². The minimum absolute atomic E-state index is 0.147. The van der Waals surface area contributed by atoms with Crippen LogP contribution in [0.4, 0.5) is 0 Å². The average molecular weight is 461 g/mol. The zero-order valence-electron chi connectivity index (χ0n) is 15.3. The van der Waals surface area contributed by atoms with E-state index in [1.807, 2.05) is 0 Å². The Labute approximate surface area is 161 Å². The Kier molecular flexibility index (Phi) is 4.02. The molecular formula is C18H28IN3OS. The summed E-state index contributed by atoms with van der Waals surface area (Å²) < 4.78 is 18.4. The van der Waals surface area contributed by atoms with Crippen LogP contribution in [0.25, 0.3) is 0 Å². The minimum atomic E-state index is -0.868. The molecular weight excluding hydrogens is 433 g/mol. The van der Waals surface area contributed by atoms with Crippen LogP contribution in [-0.2, 0) is 11.0 Å². The van der Waals surface area contributed by atoms with Gasteiger partial charge >= 0.3 is 0 Å². The predicted octanol–water partition coefficient (Wildman–Crippen LogP) is 4.10. The van der Waals surface area contributed by atoms with Crippen molar-refractivity contribution in [1.82, 2.24) is 14.1 Å². The highest BCUT2D eigenvalue weighted by Crippen LogP contribution is 2.69. The second kappa shape index (κ2) is 5.52. The van der Waals surface area contributed by atoms with Crippen molar-refractivity contribution in [3.05, 3.63) is 15.5 Å². The van der Waals surface area contributed by atoms with Gasteiger partial charge in [0.15, 0.2) is 0 Å². The van der Waals surface area contributed by atoms with Gasteiger partial charge in [0.25, 0.3) is 0 Å². The van der Waals surface area contributed by atoms with Gasteiger partial charge in [0.2, 0.25) is 0 Å². The van der Waals surface area contributed by atoms with Crippen LogP contribution in [0.2, 0.25) is 0 Å². The van der Waals surface area contributed by atoms with Gasteiger partial charge in [-0.25, -0.2) is 8.51 Å². The molecule has 1 saturated heterocycles. The van der Waals surface area contributed by atoms with Gasteiger partial charge in [-0.3, -0.25) is 4.68 Å². The monoisotopic (exact) mass is 461 g/mol. The second-order valence-corrected chi connectivity index (χ2v) is 12.4. The predicted molar refractivity (Wildman–Crippen MR) is 106 cm³/mol. The molecule has 4 rings (SSSR count). The molecule has 134 valence electrons. The zero-order valence-corrected chi connectivity index (χ0v) is 18.2. The average Bonchev–Trinajstić information content (AvgIpc) is 2.84. The topological polar surface area (TPSA) is 38.1 Å². The maximum absolute atomic E-state index is 12.8. The molecule has 6 heteroatoms. The maximum atomic E-state index is 12.8. The van der Waals surface area contributed by atoms with Gasteiger partial charge in [0.1, 0.15) is 14.7 Å². The summed E-state index contributed by atoms with van der Waals surface area (Å²) in [5, 5.41) is 4.69. The summed E-state index contributed by atoms with van der Waals surface area (Å²) in [5.41, 5.74) is 1.67. The Morgan fingerprint density at radius 2 is 1.96 bits per heavy atom. The van der Waals surface area contributed by atoms with E-state index in [0.29, 0.717) is 12.0 Å². The molecule has 1 aromatic heterocycles. The molecule has 2 heterocycles. The summed E-state index contributed by atoms with van der Waals surface area (Å²) >= 11 is 2.33. The summed E-state index contributed by atoms with van der Waals surface area (Å²) in [7, 11) is -0.868. The molecule has 3 aliphatic rings. The highest BCUT2D eigenvalue weighted by atomic mass is 127. The number of hydrogen-bond donors (Lipinski definition) is 0. The highest BCUT2D eigenvalue weighted by Gasteiger charge is 2.67. The van der Waals surface area contributed by atoms with Crippen LogP contribution in [0.1, 0.15) is 71.5 Å². The number of halogens is 1. The van der Waals surface area contributed by atoms with E-state index in [-0.39, 0.29) is 10.3 Å². The van der Waals surface area contributed by atoms with E-state index in [1.54, 1.807) is 0 Å². The van der Waals surface area contributed by atoms with Gasteiger partial charge in [-0.1, -0.05) is 0 Å². The molecule has 2 saturated carbocycles. The Morgan fingerprint density at radius 1 is 1.33 bits per heavy atom. The summed E-state index contributed by atoms with van der Waals surface area (Å²) in [5.74, 6) is 2.23. The van der Waals surface area contributed by atoms with Gasteiger partial charge in [-0.2, -0.15) is 5.10 Å². The molecule has 0 aromatic carbocycles. The van der Waals surface area contributed by atoms with E-state index in [2.05, 4.69) is 77.4 Å². The molecule has 0 amide bonds. The number of rotatable bonds is 3. The Hall–Kier alpha value is 0.0500. The Balaban J connectivity index is 1.50. The van der Waals surface area contributed by atoms with Crippen molar-refractivity contribution < 1.29 is 4.21 Å². The Bertz CT molecular complexity index is 681. The maximum Gasteiger partial charge on any atom is 0.123 e. The van der Waals surface area contributed by atoms with Gasteiger partial charge in [-0.05, 0) is 94.4 Å². The molecule has 0 bridgehead atoms. The van der Waals surface area contributed by atoms with Crippen molar-refractivity contribution in [3.8, 4) is 0 Å². The normalized spacial score (nSPS) is 36.9. The zero-order chi connectivity index (χ0) is 17.4. The highest BCUT2D eigenvalue weighted by molar-refractivity contribution is 14.1. The fraction of sp³-hybridized carbons (Fsp3) is 0.833. The summed E-state index contributed by atoms with van der Waals surface area (Å²) in [6.45, 7) is 11.7. The molecule has 3 unspecified atom stereocenters. The van der Waals surface area contributed by atoms with E-state index >= 15 is 0 Å². The van der Waals surface area contributed by atoms with Crippen molar-refractivity contribution in [2.75, 3.05) is 6.54 Å². The smallest absolute Gasteiger partial charge is 0.123 e. The van der Waals surface area contributed by atoms with Crippen LogP contribution in [0.5, 0.6) is 0 Å². The summed E-state index contributed by atoms with van der Waals surface area (Å²) in [6.07, 6.45) is 3.68. The molecule has 5 atom stereocenters. The quantitative estimate of drug-likeness (QED) is 0.636. The molecule has 1 aliphatic heterocycles. The molecule has 0 N–H and O–H groups in total. The first kappa shape index (κ1) is 17.5. The molecule has 3 fully saturated rings. The third-order valence-electron chi connectivity index (χ3n) is 6.16.